The van der Waals surface area contributed by atoms with Crippen molar-refractivity contribution >= 4 is 6.09 Å². The summed E-state index contributed by atoms with van der Waals surface area (Å²) in [5.41, 5.74) is 0.649. The van der Waals surface area contributed by atoms with Crippen LogP contribution in [0.15, 0.2) is 24.3 Å². The van der Waals surface area contributed by atoms with Crippen molar-refractivity contribution in [2.24, 2.45) is 5.92 Å². The van der Waals surface area contributed by atoms with Crippen molar-refractivity contribution in [1.29, 1.82) is 0 Å². The van der Waals surface area contributed by atoms with Crippen LogP contribution in [0.25, 0.3) is 0 Å². The summed E-state index contributed by atoms with van der Waals surface area (Å²) in [5, 5.41) is 0. The molecule has 0 aromatic heterocycles. The van der Waals surface area contributed by atoms with Gasteiger partial charge in [-0.05, 0) is 30.7 Å². The molecular weight excluding hydrogens is 345 g/mol. The van der Waals surface area contributed by atoms with Crippen LogP contribution in [0.2, 0.25) is 0 Å². The second-order valence-electron chi connectivity index (χ2n) is 8.53. The van der Waals surface area contributed by atoms with Gasteiger partial charge in [-0.15, -0.1) is 0 Å². The smallest absolute Gasteiger partial charge is 0.410 e. The Kier molecular flexibility index (Phi) is 6.37. The molecule has 2 saturated heterocycles. The van der Waals surface area contributed by atoms with Gasteiger partial charge in [-0.2, -0.15) is 0 Å². The molecule has 1 aromatic carbocycles. The number of piperidine rings is 1. The Bertz CT molecular complexity index is 644. The maximum Gasteiger partial charge on any atom is 0.410 e. The molecule has 2 heterocycles. The van der Waals surface area contributed by atoms with Gasteiger partial charge in [0.2, 0.25) is 0 Å². The van der Waals surface area contributed by atoms with Gasteiger partial charge in [0.15, 0.2) is 0 Å². The molecule has 6 heteroatoms. The molecule has 3 rings (SSSR count). The minimum absolute atomic E-state index is 0.175. The zero-order valence-electron chi connectivity index (χ0n) is 16.8. The van der Waals surface area contributed by atoms with E-state index in [1.807, 2.05) is 11.0 Å². The fraction of sp³-hybridized carbons (Fsp3) is 0.667. The molecule has 0 aliphatic carbocycles. The third-order valence-electron chi connectivity index (χ3n) is 5.53. The summed E-state index contributed by atoms with van der Waals surface area (Å²) in [7, 11) is 2.10. The van der Waals surface area contributed by atoms with E-state index < -0.39 is 0 Å². The molecule has 0 atom stereocenters. The number of rotatable bonds is 7. The highest BCUT2D eigenvalue weighted by Crippen LogP contribution is 2.33. The van der Waals surface area contributed by atoms with Gasteiger partial charge in [0.25, 0.3) is 0 Å². The molecule has 0 unspecified atom stereocenters. The third kappa shape index (κ3) is 5.42. The normalized spacial score (nSPS) is 20.1. The summed E-state index contributed by atoms with van der Waals surface area (Å²) in [6.45, 7) is 10.2. The summed E-state index contributed by atoms with van der Waals surface area (Å²) in [6.07, 6.45) is 1.50. The number of nitrogens with zero attached hydrogens (tertiary/aromatic N) is 3. The average Bonchev–Trinajstić information content (AvgIpc) is 2.90. The highest BCUT2D eigenvalue weighted by molar-refractivity contribution is 5.70. The monoisotopic (exact) mass is 377 g/mol. The Morgan fingerprint density at radius 3 is 2.70 bits per heavy atom. The second-order valence-corrected chi connectivity index (χ2v) is 8.53. The highest BCUT2D eigenvalue weighted by atomic mass is 19.1. The molecule has 150 valence electrons. The molecule has 1 spiro atoms. The number of carbonyl (C=O) groups is 1. The van der Waals surface area contributed by atoms with E-state index in [4.69, 9.17) is 4.74 Å². The van der Waals surface area contributed by atoms with Crippen molar-refractivity contribution in [1.82, 2.24) is 14.7 Å². The van der Waals surface area contributed by atoms with Gasteiger partial charge in [0, 0.05) is 52.1 Å². The molecule has 1 aromatic rings. The summed E-state index contributed by atoms with van der Waals surface area (Å²) in [4.78, 5) is 18.8. The predicted molar refractivity (Wildman–Crippen MR) is 104 cm³/mol. The number of ether oxygens (including phenoxy) is 1. The van der Waals surface area contributed by atoms with E-state index in [2.05, 4.69) is 30.7 Å². The van der Waals surface area contributed by atoms with Gasteiger partial charge in [-0.1, -0.05) is 26.0 Å². The molecule has 0 N–H and O–H groups in total. The van der Waals surface area contributed by atoms with Crippen molar-refractivity contribution in [2.45, 2.75) is 38.8 Å². The quantitative estimate of drug-likeness (QED) is 0.731. The minimum atomic E-state index is -0.341. The fourth-order valence-corrected chi connectivity index (χ4v) is 4.14. The highest BCUT2D eigenvalue weighted by Gasteiger charge is 2.46. The van der Waals surface area contributed by atoms with Crippen LogP contribution in [0, 0.1) is 11.7 Å². The van der Waals surface area contributed by atoms with Crippen molar-refractivity contribution in [3.05, 3.63) is 35.6 Å². The van der Waals surface area contributed by atoms with Crippen LogP contribution in [0.1, 0.15) is 32.3 Å². The first-order valence-electron chi connectivity index (χ1n) is 9.98. The van der Waals surface area contributed by atoms with E-state index in [1.54, 1.807) is 12.1 Å². The first-order valence-corrected chi connectivity index (χ1v) is 9.98. The predicted octanol–water partition coefficient (Wildman–Crippen LogP) is 3.20. The SMILES string of the molecule is CC(C)CN(C)CCN1CC2(CCN(Cc3cccc(F)c3)CC2)OC1=O. The Balaban J connectivity index is 1.47. The van der Waals surface area contributed by atoms with Gasteiger partial charge in [-0.3, -0.25) is 4.90 Å². The topological polar surface area (TPSA) is 36.0 Å². The summed E-state index contributed by atoms with van der Waals surface area (Å²) < 4.78 is 19.2. The number of benzene rings is 1. The maximum atomic E-state index is 13.4. The minimum Gasteiger partial charge on any atom is -0.441 e. The average molecular weight is 378 g/mol. The van der Waals surface area contributed by atoms with E-state index in [0.29, 0.717) is 12.5 Å². The van der Waals surface area contributed by atoms with Gasteiger partial charge in [0.05, 0.1) is 6.54 Å². The summed E-state index contributed by atoms with van der Waals surface area (Å²) in [6, 6.07) is 6.77. The number of hydrogen-bond acceptors (Lipinski definition) is 4. The second kappa shape index (κ2) is 8.57. The largest absolute Gasteiger partial charge is 0.441 e. The van der Waals surface area contributed by atoms with Crippen molar-refractivity contribution in [2.75, 3.05) is 46.3 Å². The first kappa shape index (κ1) is 20.1. The molecule has 2 fully saturated rings. The number of halogens is 1. The van der Waals surface area contributed by atoms with E-state index >= 15 is 0 Å². The number of hydrogen-bond donors (Lipinski definition) is 0. The standard InChI is InChI=1S/C21H32FN3O2/c1-17(2)14-23(3)11-12-25-16-21(27-20(25)26)7-9-24(10-8-21)15-18-5-4-6-19(22)13-18/h4-6,13,17H,7-12,14-16H2,1-3H3. The molecule has 2 aliphatic rings. The Morgan fingerprint density at radius 1 is 1.30 bits per heavy atom. The Hall–Kier alpha value is -1.66. The summed E-state index contributed by atoms with van der Waals surface area (Å²) >= 11 is 0. The fourth-order valence-electron chi connectivity index (χ4n) is 4.14. The van der Waals surface area contributed by atoms with E-state index in [-0.39, 0.29) is 17.5 Å². The summed E-state index contributed by atoms with van der Waals surface area (Å²) in [5.74, 6) is 0.429. The van der Waals surface area contributed by atoms with Crippen molar-refractivity contribution < 1.29 is 13.9 Å². The van der Waals surface area contributed by atoms with Crippen LogP contribution < -0.4 is 0 Å². The number of amides is 1. The lowest BCUT2D eigenvalue weighted by molar-refractivity contribution is -0.00127. The van der Waals surface area contributed by atoms with Gasteiger partial charge in [-0.25, -0.2) is 9.18 Å². The van der Waals surface area contributed by atoms with Crippen LogP contribution in [0.3, 0.4) is 0 Å². The van der Waals surface area contributed by atoms with Crippen LogP contribution in [0.4, 0.5) is 9.18 Å². The number of likely N-dealkylation sites (N-methyl/N-ethyl adjacent to an activating group) is 1. The number of carbonyl (C=O) groups excluding carboxylic acids is 1. The maximum absolute atomic E-state index is 13.4. The molecule has 1 amide bonds. The lowest BCUT2D eigenvalue weighted by Gasteiger charge is -2.37. The Labute approximate surface area is 162 Å². The van der Waals surface area contributed by atoms with Crippen LogP contribution in [-0.2, 0) is 11.3 Å². The van der Waals surface area contributed by atoms with E-state index in [1.165, 1.54) is 6.07 Å². The first-order chi connectivity index (χ1) is 12.8. The zero-order chi connectivity index (χ0) is 19.4. The van der Waals surface area contributed by atoms with E-state index in [9.17, 15) is 9.18 Å². The molecule has 0 bridgehead atoms. The van der Waals surface area contributed by atoms with E-state index in [0.717, 1.165) is 57.7 Å². The Morgan fingerprint density at radius 2 is 2.04 bits per heavy atom. The van der Waals surface area contributed by atoms with Gasteiger partial charge >= 0.3 is 6.09 Å². The molecule has 5 nitrogen and oxygen atoms in total. The molecular formula is C21H32FN3O2. The molecule has 2 aliphatic heterocycles. The lowest BCUT2D eigenvalue weighted by atomic mass is 9.91. The van der Waals surface area contributed by atoms with Crippen molar-refractivity contribution in [3.8, 4) is 0 Å². The zero-order valence-corrected chi connectivity index (χ0v) is 16.8. The number of likely N-dealkylation sites (tertiary alicyclic amines) is 1. The molecule has 0 radical (unpaired) electrons. The van der Waals surface area contributed by atoms with Crippen LogP contribution in [0.5, 0.6) is 0 Å². The van der Waals surface area contributed by atoms with Crippen LogP contribution >= 0.6 is 0 Å². The van der Waals surface area contributed by atoms with Crippen molar-refractivity contribution in [3.63, 3.8) is 0 Å². The van der Waals surface area contributed by atoms with Gasteiger partial charge in [0.1, 0.15) is 11.4 Å². The lowest BCUT2D eigenvalue weighted by Crippen LogP contribution is -2.47. The van der Waals surface area contributed by atoms with Crippen LogP contribution in [-0.4, -0.2) is 72.7 Å². The molecule has 0 saturated carbocycles. The van der Waals surface area contributed by atoms with Gasteiger partial charge < -0.3 is 14.5 Å². The third-order valence-corrected chi connectivity index (χ3v) is 5.53. The molecule has 27 heavy (non-hydrogen) atoms.